The maximum Gasteiger partial charge on any atom is 0.335 e. The molecular weight excluding hydrogens is 512 g/mol. The summed E-state index contributed by atoms with van der Waals surface area (Å²) >= 11 is 12.1. The van der Waals surface area contributed by atoms with E-state index in [9.17, 15) is 23.6 Å². The Kier molecular flexibility index (Phi) is 7.33. The fraction of sp³-hybridized carbons (Fsp3) is 0.0400. The van der Waals surface area contributed by atoms with Gasteiger partial charge in [0.2, 0.25) is 0 Å². The van der Waals surface area contributed by atoms with Crippen molar-refractivity contribution in [3.63, 3.8) is 0 Å². The molecule has 0 radical (unpaired) electrons. The number of hydrogen-bond acceptors (Lipinski definition) is 5. The van der Waals surface area contributed by atoms with Crippen molar-refractivity contribution < 1.29 is 28.3 Å². The normalized spacial score (nSPS) is 14.6. The molecule has 1 aliphatic rings. The first-order valence-corrected chi connectivity index (χ1v) is 11.1. The minimum Gasteiger partial charge on any atom is -0.482 e. The van der Waals surface area contributed by atoms with E-state index in [2.05, 4.69) is 10.6 Å². The molecule has 2 N–H and O–H groups in total. The van der Waals surface area contributed by atoms with Gasteiger partial charge in [0, 0.05) is 10.7 Å². The van der Waals surface area contributed by atoms with E-state index in [1.807, 2.05) is 0 Å². The standard InChI is InChI=1S/C25H16Cl2FN3O5/c26-15-2-8-18(9-3-15)31-24(34)19(23(33)30-25(31)35)11-14-1-10-21(20(27)12-14)36-13-22(32)29-17-6-4-16(28)5-7-17/h1-12H,13H2,(H,29,32)(H,30,33,35)/b19-11+. The Morgan fingerprint density at radius 2 is 1.69 bits per heavy atom. The summed E-state index contributed by atoms with van der Waals surface area (Å²) in [7, 11) is 0. The van der Waals surface area contributed by atoms with Gasteiger partial charge in [-0.1, -0.05) is 29.3 Å². The second kappa shape index (κ2) is 10.6. The summed E-state index contributed by atoms with van der Waals surface area (Å²) in [6.45, 7) is -0.364. The van der Waals surface area contributed by atoms with E-state index in [0.29, 0.717) is 16.3 Å². The summed E-state index contributed by atoms with van der Waals surface area (Å²) in [5.74, 6) is -2.40. The number of rotatable bonds is 6. The zero-order chi connectivity index (χ0) is 25.8. The van der Waals surface area contributed by atoms with Crippen LogP contribution in [0.3, 0.4) is 0 Å². The van der Waals surface area contributed by atoms with Crippen LogP contribution in [0.1, 0.15) is 5.56 Å². The molecular formula is C25H16Cl2FN3O5. The average molecular weight is 528 g/mol. The highest BCUT2D eigenvalue weighted by molar-refractivity contribution is 6.39. The Morgan fingerprint density at radius 1 is 1.00 bits per heavy atom. The van der Waals surface area contributed by atoms with Crippen LogP contribution < -0.4 is 20.3 Å². The highest BCUT2D eigenvalue weighted by atomic mass is 35.5. The van der Waals surface area contributed by atoms with E-state index < -0.39 is 29.6 Å². The van der Waals surface area contributed by atoms with E-state index in [1.54, 1.807) is 0 Å². The van der Waals surface area contributed by atoms with Gasteiger partial charge in [-0.3, -0.25) is 19.7 Å². The summed E-state index contributed by atoms with van der Waals surface area (Å²) < 4.78 is 18.4. The van der Waals surface area contributed by atoms with Crippen molar-refractivity contribution >= 4 is 64.4 Å². The van der Waals surface area contributed by atoms with Gasteiger partial charge in [0.05, 0.1) is 10.7 Å². The van der Waals surface area contributed by atoms with Crippen LogP contribution in [0.25, 0.3) is 6.08 Å². The highest BCUT2D eigenvalue weighted by Crippen LogP contribution is 2.28. The maximum atomic E-state index is 13.0. The number of carbonyl (C=O) groups is 4. The predicted molar refractivity (Wildman–Crippen MR) is 132 cm³/mol. The van der Waals surface area contributed by atoms with Crippen molar-refractivity contribution in [3.05, 3.63) is 93.7 Å². The van der Waals surface area contributed by atoms with Gasteiger partial charge in [0.25, 0.3) is 17.7 Å². The van der Waals surface area contributed by atoms with Crippen LogP contribution in [-0.4, -0.2) is 30.4 Å². The first-order chi connectivity index (χ1) is 17.2. The molecule has 3 aromatic carbocycles. The number of barbiturate groups is 1. The molecule has 8 nitrogen and oxygen atoms in total. The minimum absolute atomic E-state index is 0.119. The van der Waals surface area contributed by atoms with Crippen molar-refractivity contribution in [2.45, 2.75) is 0 Å². The molecule has 5 amide bonds. The Labute approximate surface area is 214 Å². The second-order valence-corrected chi connectivity index (χ2v) is 8.31. The van der Waals surface area contributed by atoms with Crippen molar-refractivity contribution in [2.75, 3.05) is 16.8 Å². The number of halogens is 3. The Bertz CT molecular complexity index is 1390. The van der Waals surface area contributed by atoms with Gasteiger partial charge in [-0.05, 0) is 72.3 Å². The Morgan fingerprint density at radius 3 is 2.36 bits per heavy atom. The van der Waals surface area contributed by atoms with Crippen LogP contribution >= 0.6 is 23.2 Å². The van der Waals surface area contributed by atoms with Gasteiger partial charge >= 0.3 is 6.03 Å². The van der Waals surface area contributed by atoms with E-state index in [1.165, 1.54) is 72.8 Å². The number of nitrogens with zero attached hydrogens (tertiary/aromatic N) is 1. The lowest BCUT2D eigenvalue weighted by molar-refractivity contribution is -0.122. The quantitative estimate of drug-likeness (QED) is 0.353. The number of benzene rings is 3. The summed E-state index contributed by atoms with van der Waals surface area (Å²) in [4.78, 5) is 50.5. The number of ether oxygens (including phenoxy) is 1. The van der Waals surface area contributed by atoms with Gasteiger partial charge < -0.3 is 10.1 Å². The summed E-state index contributed by atoms with van der Waals surface area (Å²) in [5.41, 5.74) is 0.737. The summed E-state index contributed by atoms with van der Waals surface area (Å²) in [6, 6.07) is 14.8. The van der Waals surface area contributed by atoms with Crippen molar-refractivity contribution in [3.8, 4) is 5.75 Å². The van der Waals surface area contributed by atoms with Crippen LogP contribution in [0.5, 0.6) is 5.75 Å². The minimum atomic E-state index is -0.884. The topological polar surface area (TPSA) is 105 Å². The van der Waals surface area contributed by atoms with E-state index >= 15 is 0 Å². The smallest absolute Gasteiger partial charge is 0.335 e. The second-order valence-electron chi connectivity index (χ2n) is 7.47. The van der Waals surface area contributed by atoms with Gasteiger partial charge in [0.15, 0.2) is 6.61 Å². The van der Waals surface area contributed by atoms with Crippen LogP contribution in [0.15, 0.2) is 72.3 Å². The first-order valence-electron chi connectivity index (χ1n) is 10.4. The van der Waals surface area contributed by atoms with Crippen molar-refractivity contribution in [1.82, 2.24) is 5.32 Å². The fourth-order valence-electron chi connectivity index (χ4n) is 3.25. The molecule has 11 heteroatoms. The third-order valence-corrected chi connectivity index (χ3v) is 5.49. The number of nitrogens with one attached hydrogen (secondary N) is 2. The third kappa shape index (κ3) is 5.70. The van der Waals surface area contributed by atoms with Gasteiger partial charge in [-0.25, -0.2) is 14.1 Å². The van der Waals surface area contributed by atoms with Crippen LogP contribution in [0, 0.1) is 5.82 Å². The number of imide groups is 2. The van der Waals surface area contributed by atoms with E-state index in [4.69, 9.17) is 27.9 Å². The zero-order valence-corrected chi connectivity index (χ0v) is 19.8. The molecule has 4 rings (SSSR count). The summed E-state index contributed by atoms with van der Waals surface area (Å²) in [6.07, 6.45) is 1.28. The van der Waals surface area contributed by atoms with Gasteiger partial charge in [-0.2, -0.15) is 0 Å². The molecule has 36 heavy (non-hydrogen) atoms. The number of carbonyl (C=O) groups excluding carboxylic acids is 4. The molecule has 0 aliphatic carbocycles. The molecule has 182 valence electrons. The molecule has 1 heterocycles. The third-order valence-electron chi connectivity index (χ3n) is 4.94. The number of amides is 5. The SMILES string of the molecule is O=C(COc1ccc(/C=C2\C(=O)NC(=O)N(c3ccc(Cl)cc3)C2=O)cc1Cl)Nc1ccc(F)cc1. The summed E-state index contributed by atoms with van der Waals surface area (Å²) in [5, 5.41) is 5.22. The zero-order valence-electron chi connectivity index (χ0n) is 18.3. The van der Waals surface area contributed by atoms with Crippen molar-refractivity contribution in [2.24, 2.45) is 0 Å². The fourth-order valence-corrected chi connectivity index (χ4v) is 3.62. The molecule has 0 saturated carbocycles. The molecule has 0 bridgehead atoms. The van der Waals surface area contributed by atoms with Gasteiger partial charge in [0.1, 0.15) is 17.1 Å². The van der Waals surface area contributed by atoms with Crippen LogP contribution in [-0.2, 0) is 14.4 Å². The lowest BCUT2D eigenvalue weighted by Crippen LogP contribution is -2.54. The highest BCUT2D eigenvalue weighted by Gasteiger charge is 2.36. The monoisotopic (exact) mass is 527 g/mol. The average Bonchev–Trinajstić information content (AvgIpc) is 2.84. The maximum absolute atomic E-state index is 13.0. The van der Waals surface area contributed by atoms with E-state index in [0.717, 1.165) is 4.90 Å². The Hall–Kier alpha value is -4.21. The molecule has 1 aliphatic heterocycles. The lowest BCUT2D eigenvalue weighted by Gasteiger charge is -2.26. The number of hydrogen-bond donors (Lipinski definition) is 2. The molecule has 0 spiro atoms. The molecule has 3 aromatic rings. The molecule has 0 unspecified atom stereocenters. The lowest BCUT2D eigenvalue weighted by atomic mass is 10.1. The van der Waals surface area contributed by atoms with Crippen molar-refractivity contribution in [1.29, 1.82) is 0 Å². The number of anilines is 2. The molecule has 1 saturated heterocycles. The molecule has 1 fully saturated rings. The first kappa shape index (κ1) is 24.9. The molecule has 0 aromatic heterocycles. The largest absolute Gasteiger partial charge is 0.482 e. The van der Waals surface area contributed by atoms with Gasteiger partial charge in [-0.15, -0.1) is 0 Å². The molecule has 0 atom stereocenters. The van der Waals surface area contributed by atoms with E-state index in [-0.39, 0.29) is 28.6 Å². The van der Waals surface area contributed by atoms with Crippen LogP contribution in [0.2, 0.25) is 10.0 Å². The van der Waals surface area contributed by atoms with Crippen LogP contribution in [0.4, 0.5) is 20.6 Å². The predicted octanol–water partition coefficient (Wildman–Crippen LogP) is 4.82. The number of urea groups is 1. The Balaban J connectivity index is 1.47.